The fraction of sp³-hybridized carbons (Fsp3) is 0.689. The zero-order valence-electron chi connectivity index (χ0n) is 43.6. The van der Waals surface area contributed by atoms with Gasteiger partial charge in [-0.15, -0.1) is 0 Å². The topological polar surface area (TPSA) is 78.9 Å². The van der Waals surface area contributed by atoms with Gasteiger partial charge in [0.1, 0.15) is 13.2 Å². The molecule has 0 aromatic heterocycles. The number of rotatable bonds is 49. The van der Waals surface area contributed by atoms with E-state index in [1.807, 2.05) is 42.5 Å². The Kier molecular flexibility index (Phi) is 51.9. The number of carbonyl (C=O) groups excluding carboxylic acids is 3. The van der Waals surface area contributed by atoms with E-state index in [2.05, 4.69) is 57.2 Å². The minimum atomic E-state index is -0.856. The van der Waals surface area contributed by atoms with Gasteiger partial charge >= 0.3 is 17.9 Å². The first-order valence-electron chi connectivity index (χ1n) is 27.8. The highest BCUT2D eigenvalue weighted by Gasteiger charge is 2.19. The summed E-state index contributed by atoms with van der Waals surface area (Å²) < 4.78 is 16.6. The van der Waals surface area contributed by atoms with Gasteiger partial charge in [-0.2, -0.15) is 0 Å². The third kappa shape index (κ3) is 53.2. The summed E-state index contributed by atoms with van der Waals surface area (Å²) in [7, 11) is 0. The molecule has 0 fully saturated rings. The zero-order chi connectivity index (χ0) is 48.6. The Labute approximate surface area is 413 Å². The third-order valence-electron chi connectivity index (χ3n) is 11.8. The van der Waals surface area contributed by atoms with E-state index in [0.717, 1.165) is 70.6 Å². The van der Waals surface area contributed by atoms with Gasteiger partial charge < -0.3 is 14.2 Å². The summed E-state index contributed by atoms with van der Waals surface area (Å²) in [4.78, 5) is 37.9. The van der Waals surface area contributed by atoms with E-state index >= 15 is 0 Å². The third-order valence-corrected chi connectivity index (χ3v) is 11.8. The van der Waals surface area contributed by atoms with Crippen LogP contribution in [0.2, 0.25) is 0 Å². The van der Waals surface area contributed by atoms with E-state index in [0.29, 0.717) is 6.42 Å². The van der Waals surface area contributed by atoms with Gasteiger partial charge in [0.25, 0.3) is 0 Å². The number of allylic oxidation sites excluding steroid dienone is 15. The van der Waals surface area contributed by atoms with Crippen LogP contribution in [0.15, 0.2) is 97.2 Å². The summed E-state index contributed by atoms with van der Waals surface area (Å²) in [6, 6.07) is 0. The Morgan fingerprint density at radius 1 is 0.328 bits per heavy atom. The second kappa shape index (κ2) is 54.9. The molecule has 1 unspecified atom stereocenters. The molecule has 0 saturated carbocycles. The molecule has 382 valence electrons. The van der Waals surface area contributed by atoms with Crippen LogP contribution >= 0.6 is 0 Å². The molecule has 1 atom stereocenters. The summed E-state index contributed by atoms with van der Waals surface area (Å²) in [5, 5.41) is 0. The molecule has 0 aliphatic rings. The van der Waals surface area contributed by atoms with Crippen molar-refractivity contribution < 1.29 is 28.6 Å². The average molecular weight is 931 g/mol. The van der Waals surface area contributed by atoms with Gasteiger partial charge in [0, 0.05) is 18.9 Å². The first-order valence-corrected chi connectivity index (χ1v) is 27.8. The van der Waals surface area contributed by atoms with Crippen molar-refractivity contribution in [2.24, 2.45) is 0 Å². The predicted molar refractivity (Wildman–Crippen MR) is 288 cm³/mol. The van der Waals surface area contributed by atoms with Crippen molar-refractivity contribution in [3.05, 3.63) is 97.2 Å². The van der Waals surface area contributed by atoms with Gasteiger partial charge in [0.05, 0.1) is 0 Å². The van der Waals surface area contributed by atoms with Gasteiger partial charge in [-0.3, -0.25) is 9.59 Å². The van der Waals surface area contributed by atoms with Crippen LogP contribution in [0.1, 0.15) is 252 Å². The Hall–Kier alpha value is -3.67. The summed E-state index contributed by atoms with van der Waals surface area (Å²) in [5.74, 6) is -1.24. The van der Waals surface area contributed by atoms with Crippen LogP contribution in [0.4, 0.5) is 0 Å². The van der Waals surface area contributed by atoms with E-state index in [4.69, 9.17) is 14.2 Å². The van der Waals surface area contributed by atoms with Crippen molar-refractivity contribution in [2.75, 3.05) is 13.2 Å². The molecule has 0 aromatic rings. The van der Waals surface area contributed by atoms with Crippen LogP contribution in [0.25, 0.3) is 0 Å². The van der Waals surface area contributed by atoms with Crippen LogP contribution < -0.4 is 0 Å². The van der Waals surface area contributed by atoms with Crippen LogP contribution in [0.3, 0.4) is 0 Å². The molecule has 0 amide bonds. The standard InChI is InChI=1S/C61H102O6/c1-4-7-10-13-16-19-22-25-28-29-30-31-34-36-39-42-45-48-51-54-60(63)66-57-58(67-61(64)55-52-49-46-43-40-37-33-27-24-21-18-15-12-9-6-3)56-65-59(62)53-50-47-44-41-38-35-32-26-23-20-17-14-11-8-5-2/h26-34,36,39,42,45,48,51,54,58H,4-25,35,37-38,40-41,43-44,46-47,49-50,52-53,55-57H2,1-3H3/b29-28+,31-30+,32-26-,33-27-,36-34+,42-39+,48-45+,54-51+. The van der Waals surface area contributed by atoms with Crippen molar-refractivity contribution in [1.29, 1.82) is 0 Å². The highest BCUT2D eigenvalue weighted by Crippen LogP contribution is 2.14. The average Bonchev–Trinajstić information content (AvgIpc) is 3.33. The van der Waals surface area contributed by atoms with Crippen LogP contribution in [-0.4, -0.2) is 37.2 Å². The SMILES string of the molecule is CCCCCCCC/C=C\CCCCCCCC(=O)OCC(COC(=O)/C=C/C=C/C=C/C=C/C=C/C=C/CCCCCCCCC)OC(=O)CCCCCCC/C=C\CCCCCCCC. The highest BCUT2D eigenvalue weighted by atomic mass is 16.6. The van der Waals surface area contributed by atoms with Crippen molar-refractivity contribution in [3.63, 3.8) is 0 Å². The molecular formula is C61H102O6. The van der Waals surface area contributed by atoms with Crippen LogP contribution in [-0.2, 0) is 28.6 Å². The molecule has 67 heavy (non-hydrogen) atoms. The molecule has 0 aromatic carbocycles. The van der Waals surface area contributed by atoms with Gasteiger partial charge in [0.2, 0.25) is 0 Å². The molecule has 0 aliphatic heterocycles. The quantitative estimate of drug-likeness (QED) is 0.0151. The molecule has 0 spiro atoms. The highest BCUT2D eigenvalue weighted by molar-refractivity contribution is 5.82. The second-order valence-electron chi connectivity index (χ2n) is 18.3. The van der Waals surface area contributed by atoms with Crippen molar-refractivity contribution in [1.82, 2.24) is 0 Å². The Balaban J connectivity index is 4.62. The minimum absolute atomic E-state index is 0.137. The molecule has 0 rings (SSSR count). The van der Waals surface area contributed by atoms with Crippen LogP contribution in [0, 0.1) is 0 Å². The number of unbranched alkanes of at least 4 members (excludes halogenated alkanes) is 29. The van der Waals surface area contributed by atoms with E-state index in [1.165, 1.54) is 154 Å². The molecule has 0 bridgehead atoms. The molecule has 6 heteroatoms. The zero-order valence-corrected chi connectivity index (χ0v) is 43.6. The van der Waals surface area contributed by atoms with Gasteiger partial charge in [0.15, 0.2) is 6.10 Å². The van der Waals surface area contributed by atoms with Crippen molar-refractivity contribution in [3.8, 4) is 0 Å². The van der Waals surface area contributed by atoms with Gasteiger partial charge in [-0.25, -0.2) is 4.79 Å². The molecule has 0 heterocycles. The first kappa shape index (κ1) is 63.3. The van der Waals surface area contributed by atoms with E-state index in [9.17, 15) is 14.4 Å². The van der Waals surface area contributed by atoms with Crippen molar-refractivity contribution in [2.45, 2.75) is 258 Å². The fourth-order valence-corrected chi connectivity index (χ4v) is 7.56. The number of ether oxygens (including phenoxy) is 3. The number of hydrogen-bond acceptors (Lipinski definition) is 6. The van der Waals surface area contributed by atoms with E-state index < -0.39 is 12.1 Å². The van der Waals surface area contributed by atoms with E-state index in [-0.39, 0.29) is 31.6 Å². The van der Waals surface area contributed by atoms with Crippen LogP contribution in [0.5, 0.6) is 0 Å². The van der Waals surface area contributed by atoms with E-state index in [1.54, 1.807) is 12.2 Å². The summed E-state index contributed by atoms with van der Waals surface area (Å²) in [6.07, 6.45) is 73.1. The molecule has 0 N–H and O–H groups in total. The Morgan fingerprint density at radius 2 is 0.642 bits per heavy atom. The predicted octanol–water partition coefficient (Wildman–Crippen LogP) is 18.5. The molecular weight excluding hydrogens is 829 g/mol. The van der Waals surface area contributed by atoms with Crippen molar-refractivity contribution >= 4 is 17.9 Å². The molecule has 6 nitrogen and oxygen atoms in total. The Morgan fingerprint density at radius 3 is 1.06 bits per heavy atom. The first-order chi connectivity index (χ1) is 33.0. The lowest BCUT2D eigenvalue weighted by Crippen LogP contribution is -2.30. The normalized spacial score (nSPS) is 12.8. The maximum absolute atomic E-state index is 12.8. The second-order valence-corrected chi connectivity index (χ2v) is 18.3. The molecule has 0 saturated heterocycles. The largest absolute Gasteiger partial charge is 0.462 e. The monoisotopic (exact) mass is 931 g/mol. The smallest absolute Gasteiger partial charge is 0.330 e. The summed E-state index contributed by atoms with van der Waals surface area (Å²) in [6.45, 7) is 6.45. The maximum atomic E-state index is 12.8. The summed E-state index contributed by atoms with van der Waals surface area (Å²) in [5.41, 5.74) is 0. The number of esters is 3. The summed E-state index contributed by atoms with van der Waals surface area (Å²) >= 11 is 0. The number of carbonyl (C=O) groups is 3. The lowest BCUT2D eigenvalue weighted by Gasteiger charge is -2.18. The Bertz CT molecular complexity index is 1350. The lowest BCUT2D eigenvalue weighted by molar-refractivity contribution is -0.165. The minimum Gasteiger partial charge on any atom is -0.462 e. The fourth-order valence-electron chi connectivity index (χ4n) is 7.56. The lowest BCUT2D eigenvalue weighted by atomic mass is 10.1. The molecule has 0 aliphatic carbocycles. The maximum Gasteiger partial charge on any atom is 0.330 e. The molecule has 0 radical (unpaired) electrons. The van der Waals surface area contributed by atoms with Gasteiger partial charge in [-0.05, 0) is 77.0 Å². The number of hydrogen-bond donors (Lipinski definition) is 0. The van der Waals surface area contributed by atoms with Gasteiger partial charge in [-0.1, -0.05) is 253 Å².